The maximum atomic E-state index is 4.45. The third-order valence-electron chi connectivity index (χ3n) is 3.64. The molecule has 0 saturated carbocycles. The lowest BCUT2D eigenvalue weighted by Gasteiger charge is -2.39. The van der Waals surface area contributed by atoms with E-state index in [2.05, 4.69) is 59.6 Å². The number of nitrogens with zero attached hydrogens (tertiary/aromatic N) is 3. The Bertz CT molecular complexity index is 304. The van der Waals surface area contributed by atoms with Crippen LogP contribution in [-0.4, -0.2) is 72.6 Å². The Labute approximate surface area is 129 Å². The van der Waals surface area contributed by atoms with Crippen molar-refractivity contribution in [1.82, 2.24) is 15.1 Å². The van der Waals surface area contributed by atoms with Crippen molar-refractivity contribution in [2.24, 2.45) is 4.99 Å². The lowest BCUT2D eigenvalue weighted by atomic mass is 10.2. The first-order chi connectivity index (χ1) is 9.52. The van der Waals surface area contributed by atoms with Crippen LogP contribution in [0.2, 0.25) is 0 Å². The normalized spacial score (nSPS) is 19.5. The third-order valence-corrected chi connectivity index (χ3v) is 4.93. The molecule has 0 radical (unpaired) electrons. The van der Waals surface area contributed by atoms with E-state index in [4.69, 9.17) is 0 Å². The van der Waals surface area contributed by atoms with Crippen LogP contribution in [0.15, 0.2) is 4.99 Å². The van der Waals surface area contributed by atoms with Crippen molar-refractivity contribution >= 4 is 17.7 Å². The Hall–Kier alpha value is -0.420. The van der Waals surface area contributed by atoms with Crippen LogP contribution in [-0.2, 0) is 0 Å². The fraction of sp³-hybridized carbons (Fsp3) is 0.933. The zero-order chi connectivity index (χ0) is 15.0. The van der Waals surface area contributed by atoms with E-state index < -0.39 is 0 Å². The largest absolute Gasteiger partial charge is 0.355 e. The van der Waals surface area contributed by atoms with E-state index in [1.54, 1.807) is 0 Å². The summed E-state index contributed by atoms with van der Waals surface area (Å²) in [6.45, 7) is 15.7. The van der Waals surface area contributed by atoms with Crippen molar-refractivity contribution in [1.29, 1.82) is 0 Å². The Morgan fingerprint density at radius 1 is 1.35 bits per heavy atom. The highest BCUT2D eigenvalue weighted by Gasteiger charge is 2.28. The van der Waals surface area contributed by atoms with Crippen molar-refractivity contribution in [3.05, 3.63) is 0 Å². The Morgan fingerprint density at radius 2 is 2.10 bits per heavy atom. The van der Waals surface area contributed by atoms with Gasteiger partial charge < -0.3 is 15.1 Å². The van der Waals surface area contributed by atoms with E-state index >= 15 is 0 Å². The van der Waals surface area contributed by atoms with Crippen molar-refractivity contribution in [3.8, 4) is 0 Å². The van der Waals surface area contributed by atoms with Gasteiger partial charge in [-0.3, -0.25) is 4.99 Å². The summed E-state index contributed by atoms with van der Waals surface area (Å²) in [5.74, 6) is 2.25. The average molecular weight is 301 g/mol. The first kappa shape index (κ1) is 17.6. The molecule has 1 N–H and O–H groups in total. The molecule has 1 rings (SSSR count). The van der Waals surface area contributed by atoms with E-state index in [9.17, 15) is 0 Å². The highest BCUT2D eigenvalue weighted by Crippen LogP contribution is 2.29. The maximum absolute atomic E-state index is 4.45. The predicted molar refractivity (Wildman–Crippen MR) is 91.9 cm³/mol. The van der Waals surface area contributed by atoms with Crippen molar-refractivity contribution in [3.63, 3.8) is 0 Å². The van der Waals surface area contributed by atoms with Gasteiger partial charge in [-0.25, -0.2) is 0 Å². The molecule has 1 saturated heterocycles. The predicted octanol–water partition coefficient (Wildman–Crippen LogP) is 2.12. The van der Waals surface area contributed by atoms with Gasteiger partial charge in [0.15, 0.2) is 5.96 Å². The molecule has 0 spiro atoms. The van der Waals surface area contributed by atoms with Crippen LogP contribution in [0.1, 0.15) is 34.1 Å². The minimum absolute atomic E-state index is 0.327. The average Bonchev–Trinajstić information content (AvgIpc) is 2.41. The lowest BCUT2D eigenvalue weighted by molar-refractivity contribution is 0.290. The highest BCUT2D eigenvalue weighted by atomic mass is 32.2. The molecule has 118 valence electrons. The van der Waals surface area contributed by atoms with Crippen LogP contribution in [0.25, 0.3) is 0 Å². The van der Waals surface area contributed by atoms with Crippen LogP contribution in [0, 0.1) is 0 Å². The van der Waals surface area contributed by atoms with Gasteiger partial charge in [0.25, 0.3) is 0 Å². The third kappa shape index (κ3) is 5.92. The molecule has 5 heteroatoms. The van der Waals surface area contributed by atoms with Crippen LogP contribution in [0.3, 0.4) is 0 Å². The van der Waals surface area contributed by atoms with Gasteiger partial charge in [-0.2, -0.15) is 11.8 Å². The molecule has 20 heavy (non-hydrogen) atoms. The summed E-state index contributed by atoms with van der Waals surface area (Å²) < 4.78 is 0.327. The summed E-state index contributed by atoms with van der Waals surface area (Å²) in [6.07, 6.45) is 1.22. The lowest BCUT2D eigenvalue weighted by Crippen LogP contribution is -2.51. The van der Waals surface area contributed by atoms with E-state index in [1.165, 1.54) is 18.7 Å². The smallest absolute Gasteiger partial charge is 0.193 e. The number of hydrogen-bond donors (Lipinski definition) is 1. The molecule has 1 fully saturated rings. The van der Waals surface area contributed by atoms with Crippen LogP contribution >= 0.6 is 11.8 Å². The highest BCUT2D eigenvalue weighted by molar-refractivity contribution is 8.00. The fourth-order valence-corrected chi connectivity index (χ4v) is 3.71. The number of likely N-dealkylation sites (N-methyl/N-ethyl adjacent to an activating group) is 1. The monoisotopic (exact) mass is 300 g/mol. The van der Waals surface area contributed by atoms with Gasteiger partial charge in [0, 0.05) is 43.7 Å². The number of thioether (sulfide) groups is 1. The molecular weight excluding hydrogens is 268 g/mol. The summed E-state index contributed by atoms with van der Waals surface area (Å²) >= 11 is 2.06. The summed E-state index contributed by atoms with van der Waals surface area (Å²) in [5, 5.41) is 3.53. The topological polar surface area (TPSA) is 30.9 Å². The van der Waals surface area contributed by atoms with E-state index in [1.807, 2.05) is 7.05 Å². The molecule has 0 amide bonds. The van der Waals surface area contributed by atoms with Gasteiger partial charge in [0.2, 0.25) is 0 Å². The zero-order valence-corrected chi connectivity index (χ0v) is 14.7. The number of hydrogen-bond acceptors (Lipinski definition) is 3. The Kier molecular flexibility index (Phi) is 7.74. The van der Waals surface area contributed by atoms with Crippen molar-refractivity contribution in [2.45, 2.75) is 38.9 Å². The van der Waals surface area contributed by atoms with Crippen molar-refractivity contribution in [2.75, 3.05) is 52.1 Å². The van der Waals surface area contributed by atoms with E-state index in [0.717, 1.165) is 38.7 Å². The molecule has 0 unspecified atom stereocenters. The number of rotatable bonds is 6. The molecule has 0 aromatic heterocycles. The minimum Gasteiger partial charge on any atom is -0.355 e. The number of aliphatic imine (C=N–C) groups is 1. The summed E-state index contributed by atoms with van der Waals surface area (Å²) in [7, 11) is 1.89. The second-order valence-electron chi connectivity index (χ2n) is 5.94. The van der Waals surface area contributed by atoms with Gasteiger partial charge in [-0.15, -0.1) is 0 Å². The van der Waals surface area contributed by atoms with E-state index in [0.29, 0.717) is 4.75 Å². The molecule has 1 aliphatic heterocycles. The Morgan fingerprint density at radius 3 is 2.65 bits per heavy atom. The van der Waals surface area contributed by atoms with Gasteiger partial charge >= 0.3 is 0 Å². The van der Waals surface area contributed by atoms with Gasteiger partial charge in [-0.1, -0.05) is 13.8 Å². The van der Waals surface area contributed by atoms with Gasteiger partial charge in [0.1, 0.15) is 0 Å². The first-order valence-corrected chi connectivity index (χ1v) is 8.83. The van der Waals surface area contributed by atoms with Crippen LogP contribution in [0.4, 0.5) is 0 Å². The standard InChI is InChI=1S/C15H32N4S/c1-6-9-18(7-2)10-8-17-14(16-5)19-11-12-20-15(3,4)13-19/h6-13H2,1-5H3,(H,16,17). The van der Waals surface area contributed by atoms with Gasteiger partial charge in [-0.05, 0) is 33.4 Å². The molecular formula is C15H32N4S. The minimum atomic E-state index is 0.327. The van der Waals surface area contributed by atoms with Crippen molar-refractivity contribution < 1.29 is 0 Å². The quantitative estimate of drug-likeness (QED) is 0.601. The zero-order valence-electron chi connectivity index (χ0n) is 13.9. The molecule has 1 aliphatic rings. The molecule has 0 aliphatic carbocycles. The SMILES string of the molecule is CCCN(CC)CCNC(=NC)N1CCSC(C)(C)C1. The molecule has 1 heterocycles. The number of guanidine groups is 1. The maximum Gasteiger partial charge on any atom is 0.193 e. The van der Waals surface area contributed by atoms with Crippen LogP contribution < -0.4 is 5.32 Å². The molecule has 0 aromatic carbocycles. The number of nitrogens with one attached hydrogen (secondary N) is 1. The molecule has 4 nitrogen and oxygen atoms in total. The van der Waals surface area contributed by atoms with Gasteiger partial charge in [0.05, 0.1) is 0 Å². The summed E-state index contributed by atoms with van der Waals surface area (Å²) in [6, 6.07) is 0. The second-order valence-corrected chi connectivity index (χ2v) is 7.74. The Balaban J connectivity index is 2.40. The summed E-state index contributed by atoms with van der Waals surface area (Å²) in [4.78, 5) is 9.33. The van der Waals surface area contributed by atoms with E-state index in [-0.39, 0.29) is 0 Å². The van der Waals surface area contributed by atoms with Crippen LogP contribution in [0.5, 0.6) is 0 Å². The molecule has 0 atom stereocenters. The molecule has 0 bridgehead atoms. The summed E-state index contributed by atoms with van der Waals surface area (Å²) in [5.41, 5.74) is 0. The fourth-order valence-electron chi connectivity index (χ4n) is 2.60. The second kappa shape index (κ2) is 8.78. The molecule has 0 aromatic rings. The first-order valence-electron chi connectivity index (χ1n) is 7.84.